The number of carbonyl (C=O) groups is 2. The van der Waals surface area contributed by atoms with Crippen molar-refractivity contribution in [2.75, 3.05) is 31.8 Å². The lowest BCUT2D eigenvalue weighted by Crippen LogP contribution is -2.32. The van der Waals surface area contributed by atoms with Gasteiger partial charge in [-0.1, -0.05) is 24.3 Å². The monoisotopic (exact) mass is 598 g/mol. The van der Waals surface area contributed by atoms with Crippen molar-refractivity contribution in [2.45, 2.75) is 32.5 Å². The standard InChI is InChI=1S/C31H30F4N4O4/c1-3-43-28-14-20(6-11-27(28)42-2)16-36-29(40)21-7-4-19(5-8-21)17-38-13-12-26-23(18-38)30(41)39(37-26)22-9-10-25(32)24(15-22)31(33,34)35/h4-7,9-11,14-15,18,21H,3,8,12-13,16-17H2,1-2H3,(H,36,40). The molecule has 1 unspecified atom stereocenters. The smallest absolute Gasteiger partial charge is 0.419 e. The summed E-state index contributed by atoms with van der Waals surface area (Å²) in [5, 5.41) is 8.06. The number of nitrogens with zero attached hydrogens (tertiary/aromatic N) is 3. The molecule has 0 saturated heterocycles. The number of anilines is 1. The maximum absolute atomic E-state index is 13.7. The molecule has 2 heterocycles. The van der Waals surface area contributed by atoms with E-state index in [0.717, 1.165) is 22.2 Å². The molecule has 43 heavy (non-hydrogen) atoms. The van der Waals surface area contributed by atoms with Crippen LogP contribution in [-0.2, 0) is 22.3 Å². The van der Waals surface area contributed by atoms with E-state index in [4.69, 9.17) is 9.47 Å². The molecular weight excluding hydrogens is 568 g/mol. The van der Waals surface area contributed by atoms with Crippen LogP contribution in [0.15, 0.2) is 77.1 Å². The highest BCUT2D eigenvalue weighted by atomic mass is 19.4. The summed E-state index contributed by atoms with van der Waals surface area (Å²) in [7, 11) is 1.57. The predicted octanol–water partition coefficient (Wildman–Crippen LogP) is 5.36. The number of methoxy groups -OCH3 is 1. The number of hydrogen-bond acceptors (Lipinski definition) is 6. The normalized spacial score (nSPS) is 18.1. The molecule has 2 aliphatic heterocycles. The number of hydrazone groups is 1. The van der Waals surface area contributed by atoms with Crippen molar-refractivity contribution in [1.29, 1.82) is 0 Å². The third-order valence-corrected chi connectivity index (χ3v) is 7.30. The molecule has 0 bridgehead atoms. The van der Waals surface area contributed by atoms with Crippen LogP contribution in [0.1, 0.15) is 30.9 Å². The molecule has 1 atom stereocenters. The van der Waals surface area contributed by atoms with E-state index in [2.05, 4.69) is 10.4 Å². The Morgan fingerprint density at radius 1 is 1.16 bits per heavy atom. The second-order valence-electron chi connectivity index (χ2n) is 10.2. The minimum absolute atomic E-state index is 0.104. The highest BCUT2D eigenvalue weighted by Crippen LogP contribution is 2.36. The summed E-state index contributed by atoms with van der Waals surface area (Å²) in [6.45, 7) is 3.75. The Kier molecular flexibility index (Phi) is 8.56. The lowest BCUT2D eigenvalue weighted by atomic mass is 9.95. The SMILES string of the molecule is CCOc1cc(CNC(=O)C2C=CC(CN3C=C4C(=O)N(c5ccc(F)c(C(F)(F)F)c5)N=C4CC3)=CC2)ccc1OC. The van der Waals surface area contributed by atoms with Crippen LogP contribution in [0.2, 0.25) is 0 Å². The second-order valence-corrected chi connectivity index (χ2v) is 10.2. The van der Waals surface area contributed by atoms with Crippen LogP contribution in [0.3, 0.4) is 0 Å². The van der Waals surface area contributed by atoms with Gasteiger partial charge in [0, 0.05) is 32.3 Å². The van der Waals surface area contributed by atoms with Crippen LogP contribution < -0.4 is 19.8 Å². The summed E-state index contributed by atoms with van der Waals surface area (Å²) in [5.74, 6) is -1.18. The molecule has 0 radical (unpaired) electrons. The summed E-state index contributed by atoms with van der Waals surface area (Å²) in [5.41, 5.74) is 0.991. The van der Waals surface area contributed by atoms with E-state index in [-0.39, 0.29) is 23.1 Å². The number of ether oxygens (including phenoxy) is 2. The van der Waals surface area contributed by atoms with Gasteiger partial charge in [0.2, 0.25) is 5.91 Å². The van der Waals surface area contributed by atoms with Crippen LogP contribution in [-0.4, -0.2) is 49.2 Å². The highest BCUT2D eigenvalue weighted by molar-refractivity contribution is 6.30. The maximum atomic E-state index is 13.7. The predicted molar refractivity (Wildman–Crippen MR) is 152 cm³/mol. The summed E-state index contributed by atoms with van der Waals surface area (Å²) in [6, 6.07) is 7.88. The lowest BCUT2D eigenvalue weighted by molar-refractivity contribution is -0.140. The molecule has 1 aliphatic carbocycles. The van der Waals surface area contributed by atoms with Crippen molar-refractivity contribution in [3.63, 3.8) is 0 Å². The molecule has 2 aromatic carbocycles. The van der Waals surface area contributed by atoms with Gasteiger partial charge in [-0.25, -0.2) is 4.39 Å². The fourth-order valence-corrected chi connectivity index (χ4v) is 5.06. The van der Waals surface area contributed by atoms with E-state index in [9.17, 15) is 27.2 Å². The summed E-state index contributed by atoms with van der Waals surface area (Å²) in [6.07, 6.45) is 3.40. The average molecular weight is 599 g/mol. The number of alkyl halides is 3. The fourth-order valence-electron chi connectivity index (χ4n) is 5.06. The maximum Gasteiger partial charge on any atom is 0.419 e. The van der Waals surface area contributed by atoms with Crippen molar-refractivity contribution < 1.29 is 36.6 Å². The molecule has 0 spiro atoms. The molecule has 12 heteroatoms. The number of benzene rings is 2. The summed E-state index contributed by atoms with van der Waals surface area (Å²) >= 11 is 0. The van der Waals surface area contributed by atoms with Crippen molar-refractivity contribution in [1.82, 2.24) is 10.2 Å². The first-order valence-electron chi connectivity index (χ1n) is 13.8. The number of rotatable bonds is 9. The van der Waals surface area contributed by atoms with Gasteiger partial charge in [-0.3, -0.25) is 9.59 Å². The number of halogens is 4. The van der Waals surface area contributed by atoms with Gasteiger partial charge in [0.25, 0.3) is 5.91 Å². The van der Waals surface area contributed by atoms with Crippen LogP contribution in [0.25, 0.3) is 0 Å². The molecule has 0 aromatic heterocycles. The van der Waals surface area contributed by atoms with E-state index >= 15 is 0 Å². The minimum Gasteiger partial charge on any atom is -0.493 e. The number of amides is 2. The molecule has 1 N–H and O–H groups in total. The molecule has 3 aliphatic rings. The van der Waals surface area contributed by atoms with Gasteiger partial charge in [-0.2, -0.15) is 23.3 Å². The van der Waals surface area contributed by atoms with Gasteiger partial charge in [0.15, 0.2) is 11.5 Å². The Morgan fingerprint density at radius 2 is 1.98 bits per heavy atom. The summed E-state index contributed by atoms with van der Waals surface area (Å²) in [4.78, 5) is 27.8. The van der Waals surface area contributed by atoms with Gasteiger partial charge in [-0.05, 0) is 54.8 Å². The number of nitrogens with one attached hydrogen (secondary N) is 1. The van der Waals surface area contributed by atoms with Crippen molar-refractivity contribution in [2.24, 2.45) is 11.0 Å². The van der Waals surface area contributed by atoms with Gasteiger partial charge >= 0.3 is 6.18 Å². The molecule has 2 amide bonds. The zero-order valence-electron chi connectivity index (χ0n) is 23.6. The van der Waals surface area contributed by atoms with Crippen molar-refractivity contribution in [3.05, 3.63) is 88.9 Å². The van der Waals surface area contributed by atoms with Gasteiger partial charge in [-0.15, -0.1) is 0 Å². The molecule has 5 rings (SSSR count). The van der Waals surface area contributed by atoms with Gasteiger partial charge in [0.1, 0.15) is 5.82 Å². The number of hydrogen-bond donors (Lipinski definition) is 1. The number of carbonyl (C=O) groups excluding carboxylic acids is 2. The molecule has 0 fully saturated rings. The van der Waals surface area contributed by atoms with E-state index in [0.29, 0.717) is 68.4 Å². The third kappa shape index (κ3) is 6.58. The Hall–Kier alpha value is -4.61. The van der Waals surface area contributed by atoms with Gasteiger partial charge in [0.05, 0.1) is 42.2 Å². The summed E-state index contributed by atoms with van der Waals surface area (Å²) < 4.78 is 64.2. The number of fused-ring (bicyclic) bond motifs is 1. The van der Waals surface area contributed by atoms with E-state index in [1.165, 1.54) is 0 Å². The highest BCUT2D eigenvalue weighted by Gasteiger charge is 2.38. The van der Waals surface area contributed by atoms with Crippen LogP contribution >= 0.6 is 0 Å². The largest absolute Gasteiger partial charge is 0.493 e. The van der Waals surface area contributed by atoms with Crippen LogP contribution in [0.5, 0.6) is 11.5 Å². The van der Waals surface area contributed by atoms with Crippen LogP contribution in [0, 0.1) is 11.7 Å². The Labute approximate surface area is 245 Å². The van der Waals surface area contributed by atoms with Crippen LogP contribution in [0.4, 0.5) is 23.2 Å². The first-order chi connectivity index (χ1) is 20.6. The molecule has 0 saturated carbocycles. The zero-order valence-corrected chi connectivity index (χ0v) is 23.6. The van der Waals surface area contributed by atoms with Crippen molar-refractivity contribution in [3.8, 4) is 11.5 Å². The van der Waals surface area contributed by atoms with E-state index < -0.39 is 23.5 Å². The molecule has 226 valence electrons. The Bertz CT molecular complexity index is 1550. The second kappa shape index (κ2) is 12.3. The first kappa shape index (κ1) is 29.9. The molecule has 8 nitrogen and oxygen atoms in total. The molecule has 2 aromatic rings. The third-order valence-electron chi connectivity index (χ3n) is 7.30. The fraction of sp³-hybridized carbons (Fsp3) is 0.323. The average Bonchev–Trinajstić information content (AvgIpc) is 3.31. The minimum atomic E-state index is -4.90. The Morgan fingerprint density at radius 3 is 2.67 bits per heavy atom. The van der Waals surface area contributed by atoms with Crippen molar-refractivity contribution >= 4 is 23.2 Å². The lowest BCUT2D eigenvalue weighted by Gasteiger charge is -2.26. The quantitative estimate of drug-likeness (QED) is 0.393. The van der Waals surface area contributed by atoms with E-state index in [1.54, 1.807) is 19.4 Å². The van der Waals surface area contributed by atoms with Gasteiger partial charge < -0.3 is 19.7 Å². The molecular formula is C31H30F4N4O4. The Balaban J connectivity index is 1.17. The topological polar surface area (TPSA) is 83.5 Å². The number of allylic oxidation sites excluding steroid dienone is 1. The zero-order chi connectivity index (χ0) is 30.7. The first-order valence-corrected chi connectivity index (χ1v) is 13.8. The van der Waals surface area contributed by atoms with E-state index in [1.807, 2.05) is 42.2 Å².